The quantitative estimate of drug-likeness (QED) is 0.740. The van der Waals surface area contributed by atoms with Crippen LogP contribution >= 0.6 is 0 Å². The lowest BCUT2D eigenvalue weighted by Crippen LogP contribution is -1.99. The van der Waals surface area contributed by atoms with Crippen molar-refractivity contribution in [3.8, 4) is 5.69 Å². The molecule has 0 atom stereocenters. The molecule has 0 aliphatic rings. The molecule has 0 saturated heterocycles. The van der Waals surface area contributed by atoms with Crippen LogP contribution in [0.5, 0.6) is 0 Å². The van der Waals surface area contributed by atoms with Crippen LogP contribution in [0.1, 0.15) is 5.69 Å². The van der Waals surface area contributed by atoms with E-state index in [1.165, 1.54) is 16.9 Å². The number of nitrogens with two attached hydrogens (primary N) is 1. The second kappa shape index (κ2) is 3.10. The van der Waals surface area contributed by atoms with Gasteiger partial charge in [0.2, 0.25) is 0 Å². The first kappa shape index (κ1) is 8.68. The minimum Gasteiger partial charge on any atom is -0.381 e. The number of rotatable bonds is 1. The highest BCUT2D eigenvalue weighted by Crippen LogP contribution is 2.09. The maximum atomic E-state index is 12.6. The Kier molecular flexibility index (Phi) is 1.92. The normalized spacial score (nSPS) is 10.4. The van der Waals surface area contributed by atoms with Crippen molar-refractivity contribution in [2.75, 3.05) is 5.73 Å². The number of aromatic nitrogens is 3. The molecule has 5 heteroatoms. The molecule has 0 aliphatic heterocycles. The maximum Gasteiger partial charge on any atom is 0.169 e. The molecule has 0 radical (unpaired) electrons. The number of anilines is 1. The van der Waals surface area contributed by atoms with Crippen LogP contribution in [0.15, 0.2) is 24.3 Å². The SMILES string of the molecule is Cc1nn(-c2ccc(F)cc2)nc1N. The Morgan fingerprint density at radius 1 is 1.21 bits per heavy atom. The van der Waals surface area contributed by atoms with E-state index in [9.17, 15) is 4.39 Å². The molecule has 0 spiro atoms. The van der Waals surface area contributed by atoms with Gasteiger partial charge in [-0.25, -0.2) is 4.39 Å². The van der Waals surface area contributed by atoms with Crippen LogP contribution in [-0.2, 0) is 0 Å². The van der Waals surface area contributed by atoms with Crippen LogP contribution in [0.4, 0.5) is 10.2 Å². The summed E-state index contributed by atoms with van der Waals surface area (Å²) in [4.78, 5) is 1.38. The Balaban J connectivity index is 2.44. The van der Waals surface area contributed by atoms with E-state index >= 15 is 0 Å². The van der Waals surface area contributed by atoms with Gasteiger partial charge >= 0.3 is 0 Å². The van der Waals surface area contributed by atoms with E-state index in [1.807, 2.05) is 0 Å². The summed E-state index contributed by atoms with van der Waals surface area (Å²) in [5.74, 6) is 0.0972. The molecule has 0 saturated carbocycles. The third kappa shape index (κ3) is 1.44. The second-order valence-electron chi connectivity index (χ2n) is 2.94. The molecular weight excluding hydrogens is 183 g/mol. The average molecular weight is 192 g/mol. The lowest BCUT2D eigenvalue weighted by Gasteiger charge is -1.97. The van der Waals surface area contributed by atoms with Gasteiger partial charge in [-0.3, -0.25) is 0 Å². The van der Waals surface area contributed by atoms with Crippen molar-refractivity contribution < 1.29 is 4.39 Å². The summed E-state index contributed by atoms with van der Waals surface area (Å²) in [5, 5.41) is 8.04. The maximum absolute atomic E-state index is 12.6. The molecule has 0 fully saturated rings. The zero-order valence-corrected chi connectivity index (χ0v) is 7.61. The third-order valence-corrected chi connectivity index (χ3v) is 1.88. The fourth-order valence-electron chi connectivity index (χ4n) is 1.08. The van der Waals surface area contributed by atoms with E-state index in [-0.39, 0.29) is 5.82 Å². The van der Waals surface area contributed by atoms with E-state index in [4.69, 9.17) is 5.73 Å². The number of nitrogens with zero attached hydrogens (tertiary/aromatic N) is 3. The summed E-state index contributed by atoms with van der Waals surface area (Å²) in [6.07, 6.45) is 0. The molecule has 4 nitrogen and oxygen atoms in total. The van der Waals surface area contributed by atoms with E-state index in [0.29, 0.717) is 17.2 Å². The smallest absolute Gasteiger partial charge is 0.169 e. The predicted octanol–water partition coefficient (Wildman–Crippen LogP) is 1.30. The lowest BCUT2D eigenvalue weighted by molar-refractivity contribution is 0.626. The highest BCUT2D eigenvalue weighted by Gasteiger charge is 2.04. The molecular formula is C9H9FN4. The molecule has 2 rings (SSSR count). The fraction of sp³-hybridized carbons (Fsp3) is 0.111. The van der Waals surface area contributed by atoms with Crippen LogP contribution in [0.3, 0.4) is 0 Å². The first-order chi connectivity index (χ1) is 6.66. The van der Waals surface area contributed by atoms with Gasteiger partial charge in [0, 0.05) is 0 Å². The van der Waals surface area contributed by atoms with Crippen molar-refractivity contribution in [1.29, 1.82) is 0 Å². The number of halogens is 1. The van der Waals surface area contributed by atoms with Gasteiger partial charge in [-0.15, -0.1) is 9.90 Å². The van der Waals surface area contributed by atoms with E-state index in [2.05, 4.69) is 10.2 Å². The molecule has 2 N–H and O–H groups in total. The van der Waals surface area contributed by atoms with Crippen LogP contribution in [0.25, 0.3) is 5.69 Å². The highest BCUT2D eigenvalue weighted by molar-refractivity contribution is 5.35. The second-order valence-corrected chi connectivity index (χ2v) is 2.94. The molecule has 72 valence electrons. The minimum atomic E-state index is -0.286. The summed E-state index contributed by atoms with van der Waals surface area (Å²) in [7, 11) is 0. The Bertz CT molecular complexity index is 427. The van der Waals surface area contributed by atoms with Crippen molar-refractivity contribution >= 4 is 5.82 Å². The molecule has 0 bridgehead atoms. The zero-order chi connectivity index (χ0) is 10.1. The molecule has 1 aromatic heterocycles. The third-order valence-electron chi connectivity index (χ3n) is 1.88. The minimum absolute atomic E-state index is 0.286. The summed E-state index contributed by atoms with van der Waals surface area (Å²) in [6.45, 7) is 1.77. The Morgan fingerprint density at radius 2 is 1.86 bits per heavy atom. The number of hydrogen-bond acceptors (Lipinski definition) is 3. The van der Waals surface area contributed by atoms with Crippen molar-refractivity contribution in [1.82, 2.24) is 15.0 Å². The highest BCUT2D eigenvalue weighted by atomic mass is 19.1. The molecule has 1 aromatic carbocycles. The van der Waals surface area contributed by atoms with Gasteiger partial charge in [0.05, 0.1) is 5.69 Å². The van der Waals surface area contributed by atoms with Crippen molar-refractivity contribution in [2.24, 2.45) is 0 Å². The van der Waals surface area contributed by atoms with Crippen LogP contribution in [-0.4, -0.2) is 15.0 Å². The van der Waals surface area contributed by atoms with E-state index < -0.39 is 0 Å². The molecule has 2 aromatic rings. The Labute approximate surface area is 80.2 Å². The standard InChI is InChI=1S/C9H9FN4/c1-6-9(11)13-14(12-6)8-4-2-7(10)3-5-8/h2-5H,1H3,(H2,11,13). The van der Waals surface area contributed by atoms with Crippen LogP contribution in [0.2, 0.25) is 0 Å². The Morgan fingerprint density at radius 3 is 2.36 bits per heavy atom. The van der Waals surface area contributed by atoms with Crippen LogP contribution < -0.4 is 5.73 Å². The summed E-state index contributed by atoms with van der Waals surface area (Å²) in [5.41, 5.74) is 6.89. The molecule has 1 heterocycles. The van der Waals surface area contributed by atoms with Crippen LogP contribution in [0, 0.1) is 12.7 Å². The predicted molar refractivity (Wildman–Crippen MR) is 50.5 cm³/mol. The van der Waals surface area contributed by atoms with Crippen molar-refractivity contribution in [3.05, 3.63) is 35.8 Å². The average Bonchev–Trinajstić information content (AvgIpc) is 2.48. The van der Waals surface area contributed by atoms with Crippen molar-refractivity contribution in [3.63, 3.8) is 0 Å². The van der Waals surface area contributed by atoms with E-state index in [0.717, 1.165) is 0 Å². The van der Waals surface area contributed by atoms with Gasteiger partial charge in [-0.05, 0) is 31.2 Å². The van der Waals surface area contributed by atoms with Gasteiger partial charge in [-0.1, -0.05) is 0 Å². The number of hydrogen-bond donors (Lipinski definition) is 1. The number of aryl methyl sites for hydroxylation is 1. The monoisotopic (exact) mass is 192 g/mol. The largest absolute Gasteiger partial charge is 0.381 e. The van der Waals surface area contributed by atoms with Gasteiger partial charge in [0.15, 0.2) is 5.82 Å². The molecule has 0 unspecified atom stereocenters. The lowest BCUT2D eigenvalue weighted by atomic mass is 10.3. The van der Waals surface area contributed by atoms with Gasteiger partial charge in [0.1, 0.15) is 11.5 Å². The first-order valence-corrected chi connectivity index (χ1v) is 4.12. The molecule has 14 heavy (non-hydrogen) atoms. The number of nitrogen functional groups attached to an aromatic ring is 1. The van der Waals surface area contributed by atoms with Crippen molar-refractivity contribution in [2.45, 2.75) is 6.92 Å². The molecule has 0 amide bonds. The summed E-state index contributed by atoms with van der Waals surface area (Å²) < 4.78 is 12.6. The summed E-state index contributed by atoms with van der Waals surface area (Å²) in [6, 6.07) is 5.89. The first-order valence-electron chi connectivity index (χ1n) is 4.12. The zero-order valence-electron chi connectivity index (χ0n) is 7.61. The molecule has 0 aliphatic carbocycles. The summed E-state index contributed by atoms with van der Waals surface area (Å²) >= 11 is 0. The van der Waals surface area contributed by atoms with E-state index in [1.54, 1.807) is 19.1 Å². The fourth-order valence-corrected chi connectivity index (χ4v) is 1.08. The number of benzene rings is 1. The topological polar surface area (TPSA) is 56.7 Å². The van der Waals surface area contributed by atoms with Gasteiger partial charge < -0.3 is 5.73 Å². The van der Waals surface area contributed by atoms with Gasteiger partial charge in [-0.2, -0.15) is 5.10 Å². The van der Waals surface area contributed by atoms with Gasteiger partial charge in [0.25, 0.3) is 0 Å². The Hall–Kier alpha value is -1.91.